The molecule has 2 aromatic carbocycles. The molecule has 2 aromatic rings. The van der Waals surface area contributed by atoms with Crippen LogP contribution in [-0.4, -0.2) is 18.5 Å². The van der Waals surface area contributed by atoms with Crippen molar-refractivity contribution in [3.63, 3.8) is 0 Å². The maximum absolute atomic E-state index is 12.1. The van der Waals surface area contributed by atoms with Crippen LogP contribution in [0.15, 0.2) is 58.5 Å². The molecule has 0 amide bonds. The Morgan fingerprint density at radius 1 is 1.13 bits per heavy atom. The third kappa shape index (κ3) is 4.27. The van der Waals surface area contributed by atoms with E-state index in [1.54, 1.807) is 12.1 Å². The molecule has 2 rings (SSSR count). The zero-order valence-electron chi connectivity index (χ0n) is 11.9. The smallest absolute Gasteiger partial charge is 0.258 e. The van der Waals surface area contributed by atoms with Crippen molar-refractivity contribution in [1.82, 2.24) is 4.83 Å². The van der Waals surface area contributed by atoms with Gasteiger partial charge in [0, 0.05) is 17.7 Å². The Kier molecular flexibility index (Phi) is 4.97. The van der Waals surface area contributed by atoms with Gasteiger partial charge in [0.1, 0.15) is 0 Å². The van der Waals surface area contributed by atoms with Crippen LogP contribution in [0.5, 0.6) is 0 Å². The Hall–Kier alpha value is -2.45. The maximum atomic E-state index is 12.1. The van der Waals surface area contributed by atoms with Crippen molar-refractivity contribution in [3.05, 3.63) is 69.8 Å². The number of hydrazone groups is 1. The molecule has 0 spiro atoms. The number of nitrogens with one attached hydrogen (secondary N) is 1. The largest absolute Gasteiger partial charge is 0.276 e. The summed E-state index contributed by atoms with van der Waals surface area (Å²) in [5.74, 6) is 0. The number of nitrogens with zero attached hydrogens (tertiary/aromatic N) is 2. The molecule has 0 unspecified atom stereocenters. The van der Waals surface area contributed by atoms with Gasteiger partial charge >= 0.3 is 0 Å². The Balaban J connectivity index is 2.18. The first-order valence-electron chi connectivity index (χ1n) is 6.36. The Labute approximate surface area is 137 Å². The number of nitro groups is 1. The lowest BCUT2D eigenvalue weighted by Gasteiger charge is -2.05. The molecule has 23 heavy (non-hydrogen) atoms. The van der Waals surface area contributed by atoms with Crippen LogP contribution < -0.4 is 4.83 Å². The summed E-state index contributed by atoms with van der Waals surface area (Å²) in [6.07, 6.45) is 0. The van der Waals surface area contributed by atoms with Gasteiger partial charge in [0.05, 0.1) is 9.82 Å². The molecule has 7 nitrogen and oxygen atoms in total. The highest BCUT2D eigenvalue weighted by Gasteiger charge is 2.13. The van der Waals surface area contributed by atoms with Gasteiger partial charge in [-0.1, -0.05) is 29.3 Å². The second-order valence-corrected chi connectivity index (χ2v) is 6.63. The fourth-order valence-corrected chi connectivity index (χ4v) is 2.69. The molecule has 0 atom stereocenters. The summed E-state index contributed by atoms with van der Waals surface area (Å²) in [6, 6.07) is 11.5. The minimum Gasteiger partial charge on any atom is -0.258 e. The summed E-state index contributed by atoms with van der Waals surface area (Å²) in [6.45, 7) is 1.84. The predicted octanol–water partition coefficient (Wildman–Crippen LogP) is 2.78. The van der Waals surface area contributed by atoms with Crippen LogP contribution in [0.4, 0.5) is 5.69 Å². The molecule has 0 fully saturated rings. The van der Waals surface area contributed by atoms with Gasteiger partial charge in [0.15, 0.2) is 5.17 Å². The van der Waals surface area contributed by atoms with Crippen LogP contribution in [0, 0.1) is 17.0 Å². The zero-order valence-corrected chi connectivity index (χ0v) is 13.5. The van der Waals surface area contributed by atoms with E-state index in [1.807, 2.05) is 11.8 Å². The van der Waals surface area contributed by atoms with Crippen molar-refractivity contribution in [2.75, 3.05) is 0 Å². The molecular formula is C14H12ClN3O4S. The second kappa shape index (κ2) is 6.76. The van der Waals surface area contributed by atoms with E-state index in [-0.39, 0.29) is 15.8 Å². The number of non-ortho nitro benzene ring substituents is 1. The predicted molar refractivity (Wildman–Crippen MR) is 87.0 cm³/mol. The molecule has 0 bridgehead atoms. The normalized spacial score (nSPS) is 12.0. The molecule has 0 aromatic heterocycles. The summed E-state index contributed by atoms with van der Waals surface area (Å²) >= 11 is 5.91. The zero-order chi connectivity index (χ0) is 17.0. The van der Waals surface area contributed by atoms with Gasteiger partial charge in [-0.2, -0.15) is 18.4 Å². The van der Waals surface area contributed by atoms with Crippen LogP contribution in [0.1, 0.15) is 11.1 Å². The number of halogens is 1. The number of aryl methyl sites for hydroxylation is 1. The van der Waals surface area contributed by atoms with Gasteiger partial charge in [-0.15, -0.1) is 0 Å². The highest BCUT2D eigenvalue weighted by Crippen LogP contribution is 2.14. The average Bonchev–Trinajstić information content (AvgIpc) is 2.53. The van der Waals surface area contributed by atoms with Gasteiger partial charge in [0.25, 0.3) is 15.7 Å². The van der Waals surface area contributed by atoms with Crippen molar-refractivity contribution in [3.8, 4) is 0 Å². The van der Waals surface area contributed by atoms with E-state index in [2.05, 4.69) is 5.10 Å². The van der Waals surface area contributed by atoms with E-state index in [9.17, 15) is 18.5 Å². The van der Waals surface area contributed by atoms with Crippen molar-refractivity contribution < 1.29 is 13.3 Å². The van der Waals surface area contributed by atoms with E-state index >= 15 is 0 Å². The van der Waals surface area contributed by atoms with E-state index < -0.39 is 14.9 Å². The SMILES string of the molecule is Cc1ccc(S(=O)(=O)N/N=C(/Cl)c2ccc([N+](=O)[O-])cc2)cc1. The summed E-state index contributed by atoms with van der Waals surface area (Å²) in [7, 11) is -3.83. The van der Waals surface area contributed by atoms with Gasteiger partial charge in [-0.05, 0) is 31.2 Å². The summed E-state index contributed by atoms with van der Waals surface area (Å²) in [5, 5.41) is 14.1. The van der Waals surface area contributed by atoms with Crippen molar-refractivity contribution >= 4 is 32.5 Å². The fourth-order valence-electron chi connectivity index (χ4n) is 1.66. The van der Waals surface area contributed by atoms with Gasteiger partial charge in [-0.3, -0.25) is 10.1 Å². The van der Waals surface area contributed by atoms with Gasteiger partial charge < -0.3 is 0 Å². The Morgan fingerprint density at radius 3 is 2.22 bits per heavy atom. The molecule has 1 N–H and O–H groups in total. The molecule has 0 aliphatic carbocycles. The Morgan fingerprint density at radius 2 is 1.70 bits per heavy atom. The molecular weight excluding hydrogens is 342 g/mol. The van der Waals surface area contributed by atoms with Crippen LogP contribution in [0.3, 0.4) is 0 Å². The fraction of sp³-hybridized carbons (Fsp3) is 0.0714. The number of hydrogen-bond acceptors (Lipinski definition) is 5. The lowest BCUT2D eigenvalue weighted by Crippen LogP contribution is -2.19. The standard InChI is InChI=1S/C14H12ClN3O4S/c1-10-2-8-13(9-3-10)23(21,22)17-16-14(15)11-4-6-12(7-5-11)18(19)20/h2-9,17H,1H3/b16-14+. The van der Waals surface area contributed by atoms with Crippen LogP contribution >= 0.6 is 11.6 Å². The third-order valence-corrected chi connectivity index (χ3v) is 4.44. The van der Waals surface area contributed by atoms with E-state index in [0.29, 0.717) is 5.56 Å². The monoisotopic (exact) mass is 353 g/mol. The minimum absolute atomic E-state index is 0.0556. The number of sulfonamides is 1. The molecule has 0 radical (unpaired) electrons. The van der Waals surface area contributed by atoms with Gasteiger partial charge in [0.2, 0.25) is 0 Å². The van der Waals surface area contributed by atoms with Crippen LogP contribution in [-0.2, 0) is 10.0 Å². The summed E-state index contributed by atoms with van der Waals surface area (Å²) in [4.78, 5) is 12.1. The molecule has 9 heteroatoms. The highest BCUT2D eigenvalue weighted by atomic mass is 35.5. The topological polar surface area (TPSA) is 102 Å². The number of nitro benzene ring substituents is 1. The second-order valence-electron chi connectivity index (χ2n) is 4.61. The molecule has 0 heterocycles. The van der Waals surface area contributed by atoms with Gasteiger partial charge in [-0.25, -0.2) is 0 Å². The van der Waals surface area contributed by atoms with Crippen LogP contribution in [0.25, 0.3) is 0 Å². The minimum atomic E-state index is -3.83. The summed E-state index contributed by atoms with van der Waals surface area (Å²) < 4.78 is 24.1. The molecule has 0 aliphatic heterocycles. The van der Waals surface area contributed by atoms with Crippen molar-refractivity contribution in [1.29, 1.82) is 0 Å². The third-order valence-electron chi connectivity index (χ3n) is 2.91. The van der Waals surface area contributed by atoms with Crippen molar-refractivity contribution in [2.24, 2.45) is 5.10 Å². The lowest BCUT2D eigenvalue weighted by atomic mass is 10.2. The van der Waals surface area contributed by atoms with E-state index in [4.69, 9.17) is 11.6 Å². The Bertz CT molecular complexity index is 847. The van der Waals surface area contributed by atoms with Crippen LogP contribution in [0.2, 0.25) is 0 Å². The summed E-state index contributed by atoms with van der Waals surface area (Å²) in [5.41, 5.74) is 1.18. The average molecular weight is 354 g/mol. The van der Waals surface area contributed by atoms with E-state index in [0.717, 1.165) is 5.56 Å². The molecule has 120 valence electrons. The highest BCUT2D eigenvalue weighted by molar-refractivity contribution is 7.89. The number of hydrogen-bond donors (Lipinski definition) is 1. The first-order valence-corrected chi connectivity index (χ1v) is 8.22. The molecule has 0 saturated carbocycles. The van der Waals surface area contributed by atoms with E-state index in [1.165, 1.54) is 36.4 Å². The molecule has 0 saturated heterocycles. The number of rotatable bonds is 5. The lowest BCUT2D eigenvalue weighted by molar-refractivity contribution is -0.384. The first kappa shape index (κ1) is 16.9. The first-order chi connectivity index (χ1) is 10.8. The quantitative estimate of drug-likeness (QED) is 0.507. The molecule has 0 aliphatic rings. The maximum Gasteiger partial charge on any atom is 0.276 e. The van der Waals surface area contributed by atoms with Crippen molar-refractivity contribution in [2.45, 2.75) is 11.8 Å². The number of benzene rings is 2.